The van der Waals surface area contributed by atoms with Gasteiger partial charge in [-0.25, -0.2) is 0 Å². The van der Waals surface area contributed by atoms with E-state index in [4.69, 9.17) is 4.74 Å². The Morgan fingerprint density at radius 3 is 2.37 bits per heavy atom. The van der Waals surface area contributed by atoms with E-state index in [2.05, 4.69) is 43.4 Å². The fourth-order valence-electron chi connectivity index (χ4n) is 2.23. The first kappa shape index (κ1) is 13.5. The van der Waals surface area contributed by atoms with E-state index in [9.17, 15) is 0 Å². The SMILES string of the molecule is COc1ccc(NC[C@H](C)c2ccccc2C)cc1. The van der Waals surface area contributed by atoms with Crippen LogP contribution in [0.5, 0.6) is 5.75 Å². The first-order valence-electron chi connectivity index (χ1n) is 6.64. The van der Waals surface area contributed by atoms with Gasteiger partial charge >= 0.3 is 0 Å². The standard InChI is InChI=1S/C17H21NO/c1-13-6-4-5-7-17(13)14(2)12-18-15-8-10-16(19-3)11-9-15/h4-11,14,18H,12H2,1-3H3/t14-/m0/s1. The second-order valence-electron chi connectivity index (χ2n) is 4.87. The number of rotatable bonds is 5. The first-order valence-corrected chi connectivity index (χ1v) is 6.64. The van der Waals surface area contributed by atoms with Gasteiger partial charge in [0.25, 0.3) is 0 Å². The minimum atomic E-state index is 0.489. The number of methoxy groups -OCH3 is 1. The van der Waals surface area contributed by atoms with Crippen LogP contribution >= 0.6 is 0 Å². The Morgan fingerprint density at radius 2 is 1.74 bits per heavy atom. The maximum absolute atomic E-state index is 5.15. The second kappa shape index (κ2) is 6.28. The molecule has 0 aliphatic rings. The van der Waals surface area contributed by atoms with E-state index in [1.54, 1.807) is 7.11 Å². The zero-order valence-corrected chi connectivity index (χ0v) is 11.8. The zero-order chi connectivity index (χ0) is 13.7. The Bertz CT molecular complexity index is 519. The molecule has 0 aliphatic carbocycles. The van der Waals surface area contributed by atoms with Crippen LogP contribution in [0.1, 0.15) is 24.0 Å². The van der Waals surface area contributed by atoms with Gasteiger partial charge in [-0.1, -0.05) is 31.2 Å². The molecule has 1 N–H and O–H groups in total. The van der Waals surface area contributed by atoms with Gasteiger partial charge in [-0.15, -0.1) is 0 Å². The lowest BCUT2D eigenvalue weighted by molar-refractivity contribution is 0.415. The van der Waals surface area contributed by atoms with Crippen LogP contribution in [0, 0.1) is 6.92 Å². The molecule has 0 aliphatic heterocycles. The third-order valence-electron chi connectivity index (χ3n) is 3.42. The third kappa shape index (κ3) is 3.50. The van der Waals surface area contributed by atoms with Gasteiger partial charge in [0.15, 0.2) is 0 Å². The molecule has 0 heterocycles. The topological polar surface area (TPSA) is 21.3 Å². The highest BCUT2D eigenvalue weighted by Gasteiger charge is 2.07. The summed E-state index contributed by atoms with van der Waals surface area (Å²) in [5.41, 5.74) is 3.89. The van der Waals surface area contributed by atoms with E-state index in [0.29, 0.717) is 5.92 Å². The lowest BCUT2D eigenvalue weighted by atomic mass is 9.96. The largest absolute Gasteiger partial charge is 0.497 e. The van der Waals surface area contributed by atoms with Crippen molar-refractivity contribution in [3.8, 4) is 5.75 Å². The van der Waals surface area contributed by atoms with Crippen LogP contribution in [0.3, 0.4) is 0 Å². The predicted molar refractivity (Wildman–Crippen MR) is 81.1 cm³/mol. The van der Waals surface area contributed by atoms with Gasteiger partial charge in [0.05, 0.1) is 7.11 Å². The van der Waals surface area contributed by atoms with Crippen molar-refractivity contribution in [3.05, 3.63) is 59.7 Å². The van der Waals surface area contributed by atoms with Gasteiger partial charge in [-0.05, 0) is 48.2 Å². The van der Waals surface area contributed by atoms with E-state index in [-0.39, 0.29) is 0 Å². The Morgan fingerprint density at radius 1 is 1.05 bits per heavy atom. The van der Waals surface area contributed by atoms with E-state index >= 15 is 0 Å². The molecule has 0 radical (unpaired) electrons. The maximum Gasteiger partial charge on any atom is 0.119 e. The van der Waals surface area contributed by atoms with Crippen LogP contribution < -0.4 is 10.1 Å². The molecule has 2 aromatic rings. The van der Waals surface area contributed by atoms with Crippen molar-refractivity contribution in [2.24, 2.45) is 0 Å². The van der Waals surface area contributed by atoms with Crippen molar-refractivity contribution in [1.82, 2.24) is 0 Å². The molecule has 100 valence electrons. The minimum absolute atomic E-state index is 0.489. The Kier molecular flexibility index (Phi) is 4.45. The summed E-state index contributed by atoms with van der Waals surface area (Å²) in [4.78, 5) is 0. The zero-order valence-electron chi connectivity index (χ0n) is 11.8. The van der Waals surface area contributed by atoms with Gasteiger partial charge in [-0.3, -0.25) is 0 Å². The molecule has 0 fully saturated rings. The summed E-state index contributed by atoms with van der Waals surface area (Å²) in [6.45, 7) is 5.34. The monoisotopic (exact) mass is 255 g/mol. The fourth-order valence-corrected chi connectivity index (χ4v) is 2.23. The molecular formula is C17H21NO. The Labute approximate surface area is 115 Å². The smallest absolute Gasteiger partial charge is 0.119 e. The molecular weight excluding hydrogens is 234 g/mol. The lowest BCUT2D eigenvalue weighted by Gasteiger charge is -2.16. The highest BCUT2D eigenvalue weighted by molar-refractivity contribution is 5.46. The number of ether oxygens (including phenoxy) is 1. The number of hydrogen-bond donors (Lipinski definition) is 1. The highest BCUT2D eigenvalue weighted by atomic mass is 16.5. The minimum Gasteiger partial charge on any atom is -0.497 e. The molecule has 2 heteroatoms. The molecule has 0 spiro atoms. The van der Waals surface area contributed by atoms with Crippen molar-refractivity contribution in [3.63, 3.8) is 0 Å². The molecule has 0 bridgehead atoms. The molecule has 19 heavy (non-hydrogen) atoms. The van der Waals surface area contributed by atoms with Gasteiger partial charge < -0.3 is 10.1 Å². The van der Waals surface area contributed by atoms with Gasteiger partial charge in [0.2, 0.25) is 0 Å². The van der Waals surface area contributed by atoms with Crippen molar-refractivity contribution in [1.29, 1.82) is 0 Å². The van der Waals surface area contributed by atoms with Crippen LogP contribution in [-0.4, -0.2) is 13.7 Å². The summed E-state index contributed by atoms with van der Waals surface area (Å²) in [7, 11) is 1.68. The molecule has 0 saturated carbocycles. The molecule has 0 unspecified atom stereocenters. The molecule has 2 aromatic carbocycles. The van der Waals surface area contributed by atoms with E-state index < -0.39 is 0 Å². The molecule has 0 aromatic heterocycles. The van der Waals surface area contributed by atoms with Crippen molar-refractivity contribution in [2.45, 2.75) is 19.8 Å². The normalized spacial score (nSPS) is 11.9. The summed E-state index contributed by atoms with van der Waals surface area (Å²) < 4.78 is 5.15. The number of anilines is 1. The summed E-state index contributed by atoms with van der Waals surface area (Å²) >= 11 is 0. The van der Waals surface area contributed by atoms with Crippen LogP contribution in [0.15, 0.2) is 48.5 Å². The number of benzene rings is 2. The Balaban J connectivity index is 1.96. The summed E-state index contributed by atoms with van der Waals surface area (Å²) in [5, 5.41) is 3.47. The van der Waals surface area contributed by atoms with E-state index in [1.165, 1.54) is 11.1 Å². The van der Waals surface area contributed by atoms with Crippen molar-refractivity contribution in [2.75, 3.05) is 19.0 Å². The van der Waals surface area contributed by atoms with Crippen LogP contribution in [0.4, 0.5) is 5.69 Å². The highest BCUT2D eigenvalue weighted by Crippen LogP contribution is 2.21. The number of nitrogens with one attached hydrogen (secondary N) is 1. The summed E-state index contributed by atoms with van der Waals surface area (Å²) in [5.74, 6) is 1.38. The van der Waals surface area contributed by atoms with Crippen LogP contribution in [0.2, 0.25) is 0 Å². The lowest BCUT2D eigenvalue weighted by Crippen LogP contribution is -2.10. The average molecular weight is 255 g/mol. The van der Waals surface area contributed by atoms with Gasteiger partial charge in [0.1, 0.15) is 5.75 Å². The van der Waals surface area contributed by atoms with Crippen LogP contribution in [-0.2, 0) is 0 Å². The average Bonchev–Trinajstić information content (AvgIpc) is 2.46. The van der Waals surface area contributed by atoms with Gasteiger partial charge in [-0.2, -0.15) is 0 Å². The molecule has 2 rings (SSSR count). The third-order valence-corrected chi connectivity index (χ3v) is 3.42. The van der Waals surface area contributed by atoms with Crippen LogP contribution in [0.25, 0.3) is 0 Å². The molecule has 0 amide bonds. The van der Waals surface area contributed by atoms with Crippen molar-refractivity contribution >= 4 is 5.69 Å². The second-order valence-corrected chi connectivity index (χ2v) is 4.87. The Hall–Kier alpha value is -1.96. The van der Waals surface area contributed by atoms with Crippen molar-refractivity contribution < 1.29 is 4.74 Å². The first-order chi connectivity index (χ1) is 9.20. The molecule has 0 saturated heterocycles. The quantitative estimate of drug-likeness (QED) is 0.863. The fraction of sp³-hybridized carbons (Fsp3) is 0.294. The van der Waals surface area contributed by atoms with E-state index in [1.807, 2.05) is 24.3 Å². The summed E-state index contributed by atoms with van der Waals surface area (Å²) in [6, 6.07) is 16.6. The number of hydrogen-bond acceptors (Lipinski definition) is 2. The van der Waals surface area contributed by atoms with Gasteiger partial charge in [0, 0.05) is 12.2 Å². The summed E-state index contributed by atoms with van der Waals surface area (Å²) in [6.07, 6.45) is 0. The molecule has 1 atom stereocenters. The predicted octanol–water partition coefficient (Wildman–Crippen LogP) is 4.22. The maximum atomic E-state index is 5.15. The molecule has 2 nitrogen and oxygen atoms in total. The number of aryl methyl sites for hydroxylation is 1. The van der Waals surface area contributed by atoms with E-state index in [0.717, 1.165) is 18.0 Å².